The molecule has 2 saturated carbocycles. The van der Waals surface area contributed by atoms with Crippen molar-refractivity contribution in [3.05, 3.63) is 53.6 Å². The summed E-state index contributed by atoms with van der Waals surface area (Å²) in [7, 11) is 1.58. The normalized spacial score (nSPS) is 24.1. The van der Waals surface area contributed by atoms with Gasteiger partial charge in [-0.2, -0.15) is 0 Å². The minimum atomic E-state index is -0.263. The van der Waals surface area contributed by atoms with Gasteiger partial charge in [0.05, 0.1) is 18.5 Å². The molecule has 2 fully saturated rings. The molecule has 1 aliphatic heterocycles. The zero-order chi connectivity index (χ0) is 26.6. The summed E-state index contributed by atoms with van der Waals surface area (Å²) in [5.74, 6) is 0.344. The molecule has 202 valence electrons. The van der Waals surface area contributed by atoms with Crippen LogP contribution in [0.4, 0.5) is 11.4 Å². The third-order valence-electron chi connectivity index (χ3n) is 8.36. The fourth-order valence-electron chi connectivity index (χ4n) is 6.23. The van der Waals surface area contributed by atoms with Gasteiger partial charge in [-0.3, -0.25) is 14.4 Å². The van der Waals surface area contributed by atoms with Crippen LogP contribution in [-0.2, 0) is 4.79 Å². The van der Waals surface area contributed by atoms with Crippen LogP contribution in [0.3, 0.4) is 0 Å². The average Bonchev–Trinajstić information content (AvgIpc) is 3.09. The zero-order valence-electron chi connectivity index (χ0n) is 22.1. The second-order valence-electron chi connectivity index (χ2n) is 10.9. The lowest BCUT2D eigenvalue weighted by atomic mass is 9.81. The fourth-order valence-corrected chi connectivity index (χ4v) is 6.23. The van der Waals surface area contributed by atoms with E-state index in [2.05, 4.69) is 10.6 Å². The third-order valence-corrected chi connectivity index (χ3v) is 8.36. The largest absolute Gasteiger partial charge is 0.497 e. The molecular formula is C30H38N4O4. The van der Waals surface area contributed by atoms with E-state index in [-0.39, 0.29) is 48.2 Å². The van der Waals surface area contributed by atoms with E-state index in [0.717, 1.165) is 51.4 Å². The predicted octanol–water partition coefficient (Wildman–Crippen LogP) is 4.63. The zero-order valence-corrected chi connectivity index (χ0v) is 22.1. The number of carbonyl (C=O) groups is 3. The molecule has 0 radical (unpaired) electrons. The van der Waals surface area contributed by atoms with Crippen molar-refractivity contribution in [1.82, 2.24) is 5.32 Å². The van der Waals surface area contributed by atoms with Crippen LogP contribution in [-0.4, -0.2) is 43.0 Å². The van der Waals surface area contributed by atoms with E-state index in [1.807, 2.05) is 6.07 Å². The summed E-state index contributed by atoms with van der Waals surface area (Å²) in [6.45, 7) is 0. The second-order valence-corrected chi connectivity index (χ2v) is 10.9. The number of fused-ring (bicyclic) bond motifs is 1. The van der Waals surface area contributed by atoms with Gasteiger partial charge < -0.3 is 26.0 Å². The highest BCUT2D eigenvalue weighted by Gasteiger charge is 2.38. The number of nitrogens with one attached hydrogen (secondary N) is 2. The van der Waals surface area contributed by atoms with Gasteiger partial charge in [-0.05, 0) is 80.8 Å². The third kappa shape index (κ3) is 5.70. The minimum Gasteiger partial charge on any atom is -0.497 e. The van der Waals surface area contributed by atoms with E-state index in [0.29, 0.717) is 28.3 Å². The van der Waals surface area contributed by atoms with Crippen molar-refractivity contribution in [3.63, 3.8) is 0 Å². The van der Waals surface area contributed by atoms with Crippen molar-refractivity contribution < 1.29 is 19.1 Å². The molecule has 5 rings (SSSR count). The van der Waals surface area contributed by atoms with Crippen molar-refractivity contribution >= 4 is 29.1 Å². The lowest BCUT2D eigenvalue weighted by Crippen LogP contribution is -2.46. The fraction of sp³-hybridized carbons (Fsp3) is 0.500. The van der Waals surface area contributed by atoms with Crippen LogP contribution in [0.2, 0.25) is 0 Å². The number of carbonyl (C=O) groups excluding carboxylic acids is 3. The summed E-state index contributed by atoms with van der Waals surface area (Å²) < 4.78 is 5.37. The number of hydrogen-bond acceptors (Lipinski definition) is 5. The van der Waals surface area contributed by atoms with E-state index >= 15 is 0 Å². The molecule has 3 amide bonds. The molecule has 1 heterocycles. The first-order chi connectivity index (χ1) is 18.4. The Morgan fingerprint density at radius 2 is 1.74 bits per heavy atom. The van der Waals surface area contributed by atoms with Crippen molar-refractivity contribution in [1.29, 1.82) is 0 Å². The van der Waals surface area contributed by atoms with Gasteiger partial charge in [-0.25, -0.2) is 0 Å². The van der Waals surface area contributed by atoms with Crippen LogP contribution in [0.5, 0.6) is 5.75 Å². The molecule has 3 aliphatic rings. The Bertz CT molecular complexity index is 1180. The Labute approximate surface area is 224 Å². The van der Waals surface area contributed by atoms with Crippen LogP contribution < -0.4 is 26.0 Å². The van der Waals surface area contributed by atoms with Crippen molar-refractivity contribution in [2.75, 3.05) is 17.3 Å². The molecule has 4 N–H and O–H groups in total. The van der Waals surface area contributed by atoms with Gasteiger partial charge in [0.1, 0.15) is 5.75 Å². The molecular weight excluding hydrogens is 480 g/mol. The van der Waals surface area contributed by atoms with E-state index < -0.39 is 0 Å². The number of methoxy groups -OCH3 is 1. The highest BCUT2D eigenvalue weighted by Crippen LogP contribution is 2.40. The van der Waals surface area contributed by atoms with Gasteiger partial charge >= 0.3 is 0 Å². The average molecular weight is 519 g/mol. The summed E-state index contributed by atoms with van der Waals surface area (Å²) in [6, 6.07) is 12.4. The molecule has 0 aromatic heterocycles. The summed E-state index contributed by atoms with van der Waals surface area (Å²) in [4.78, 5) is 42.2. The maximum Gasteiger partial charge on any atom is 0.258 e. The van der Waals surface area contributed by atoms with Gasteiger partial charge in [0.2, 0.25) is 5.91 Å². The van der Waals surface area contributed by atoms with Crippen LogP contribution in [0, 0.1) is 5.92 Å². The summed E-state index contributed by atoms with van der Waals surface area (Å²) >= 11 is 0. The van der Waals surface area contributed by atoms with E-state index in [1.165, 1.54) is 6.42 Å². The number of hydrogen-bond donors (Lipinski definition) is 3. The van der Waals surface area contributed by atoms with Crippen LogP contribution >= 0.6 is 0 Å². The maximum absolute atomic E-state index is 14.1. The highest BCUT2D eigenvalue weighted by atomic mass is 16.5. The van der Waals surface area contributed by atoms with Crippen molar-refractivity contribution in [2.24, 2.45) is 11.7 Å². The monoisotopic (exact) mass is 518 g/mol. The number of rotatable bonds is 5. The Balaban J connectivity index is 1.49. The molecule has 0 bridgehead atoms. The molecule has 2 aromatic carbocycles. The van der Waals surface area contributed by atoms with Gasteiger partial charge in [-0.1, -0.05) is 25.3 Å². The van der Waals surface area contributed by atoms with Gasteiger partial charge in [0.25, 0.3) is 11.8 Å². The molecule has 2 aromatic rings. The van der Waals surface area contributed by atoms with E-state index in [4.69, 9.17) is 10.5 Å². The number of nitrogens with two attached hydrogens (primary N) is 1. The molecule has 8 nitrogen and oxygen atoms in total. The number of nitrogens with zero attached hydrogens (tertiary/aromatic N) is 1. The molecule has 1 unspecified atom stereocenters. The topological polar surface area (TPSA) is 114 Å². The number of ether oxygens (including phenoxy) is 1. The Hall–Kier alpha value is -3.39. The van der Waals surface area contributed by atoms with Gasteiger partial charge in [0, 0.05) is 35.7 Å². The summed E-state index contributed by atoms with van der Waals surface area (Å²) in [5.41, 5.74) is 8.09. The molecule has 38 heavy (non-hydrogen) atoms. The van der Waals surface area contributed by atoms with Crippen LogP contribution in [0.1, 0.15) is 84.9 Å². The van der Waals surface area contributed by atoms with Crippen molar-refractivity contribution in [2.45, 2.75) is 82.3 Å². The van der Waals surface area contributed by atoms with Crippen LogP contribution in [0.25, 0.3) is 0 Å². The first-order valence-corrected chi connectivity index (χ1v) is 13.9. The van der Waals surface area contributed by atoms with Gasteiger partial charge in [0.15, 0.2) is 0 Å². The predicted molar refractivity (Wildman–Crippen MR) is 148 cm³/mol. The quantitative estimate of drug-likeness (QED) is 0.534. The second kappa shape index (κ2) is 11.6. The lowest BCUT2D eigenvalue weighted by Gasteiger charge is -2.37. The number of anilines is 2. The molecule has 8 heteroatoms. The first-order valence-electron chi connectivity index (χ1n) is 13.9. The summed E-state index contributed by atoms with van der Waals surface area (Å²) in [6.07, 6.45) is 9.09. The maximum atomic E-state index is 14.1. The summed E-state index contributed by atoms with van der Waals surface area (Å²) in [5, 5.41) is 6.12. The molecule has 0 saturated heterocycles. The van der Waals surface area contributed by atoms with Gasteiger partial charge in [-0.15, -0.1) is 0 Å². The Morgan fingerprint density at radius 1 is 0.974 bits per heavy atom. The Kier molecular flexibility index (Phi) is 7.98. The number of benzene rings is 2. The molecule has 1 atom stereocenters. The smallest absolute Gasteiger partial charge is 0.258 e. The van der Waals surface area contributed by atoms with Crippen molar-refractivity contribution in [3.8, 4) is 5.75 Å². The standard InChI is InChI=1S/C30H38N4O4/c1-38-24-9-5-8-21(16-24)30(37)34-26-15-10-20(29(36)32-23-13-11-22(31)12-14-23)17-25(26)33-28(35)18-27(34)19-6-3-2-4-7-19/h5,8-10,15-17,19,22-23,27H,2-4,6-7,11-14,18,31H2,1H3,(H,32,36)(H,33,35). The number of amides is 3. The van der Waals surface area contributed by atoms with E-state index in [1.54, 1.807) is 48.4 Å². The van der Waals surface area contributed by atoms with Crippen LogP contribution in [0.15, 0.2) is 42.5 Å². The molecule has 0 spiro atoms. The highest BCUT2D eigenvalue weighted by molar-refractivity contribution is 6.12. The first kappa shape index (κ1) is 26.2. The molecule has 2 aliphatic carbocycles. The lowest BCUT2D eigenvalue weighted by molar-refractivity contribution is -0.116. The minimum absolute atomic E-state index is 0.0949. The van der Waals surface area contributed by atoms with E-state index in [9.17, 15) is 14.4 Å². The Morgan fingerprint density at radius 3 is 2.47 bits per heavy atom. The SMILES string of the molecule is COc1cccc(C(=O)N2c3ccc(C(=O)NC4CCC(N)CC4)cc3NC(=O)CC2C2CCCCC2)c1.